The minimum atomic E-state index is -3.82. The second-order valence-corrected chi connectivity index (χ2v) is 9.81. The quantitative estimate of drug-likeness (QED) is 0.425. The summed E-state index contributed by atoms with van der Waals surface area (Å²) in [4.78, 5) is 14.3. The van der Waals surface area contributed by atoms with Gasteiger partial charge in [-0.05, 0) is 42.7 Å². The number of sulfone groups is 1. The minimum Gasteiger partial charge on any atom is -0.438 e. The van der Waals surface area contributed by atoms with Crippen molar-refractivity contribution in [2.75, 3.05) is 6.26 Å². The van der Waals surface area contributed by atoms with Gasteiger partial charge in [-0.2, -0.15) is 0 Å². The zero-order valence-electron chi connectivity index (χ0n) is 17.0. The fourth-order valence-electron chi connectivity index (χ4n) is 2.75. The summed E-state index contributed by atoms with van der Waals surface area (Å²) in [7, 11) is -3.82. The number of aliphatic hydroxyl groups is 1. The lowest BCUT2D eigenvalue weighted by Gasteiger charge is -2.26. The Labute approximate surface area is 175 Å². The Kier molecular flexibility index (Phi) is 5.98. The van der Waals surface area contributed by atoms with E-state index < -0.39 is 32.8 Å². The van der Waals surface area contributed by atoms with Gasteiger partial charge >= 0.3 is 0 Å². The second-order valence-electron chi connectivity index (χ2n) is 7.41. The maximum Gasteiger partial charge on any atom is 0.255 e. The highest BCUT2D eigenvalue weighted by Crippen LogP contribution is 2.32. The Hall–Kier alpha value is -2.75. The highest BCUT2D eigenvalue weighted by molar-refractivity contribution is 7.92. The third-order valence-electron chi connectivity index (χ3n) is 5.03. The van der Waals surface area contributed by atoms with Crippen LogP contribution in [0.4, 0.5) is 0 Å². The molecule has 2 aliphatic carbocycles. The van der Waals surface area contributed by atoms with Crippen LogP contribution in [-0.2, 0) is 14.6 Å². The van der Waals surface area contributed by atoms with Crippen LogP contribution in [0.25, 0.3) is 22.2 Å². The van der Waals surface area contributed by atoms with Gasteiger partial charge in [-0.3, -0.25) is 4.79 Å². The van der Waals surface area contributed by atoms with Crippen LogP contribution in [0.2, 0.25) is 0 Å². The van der Waals surface area contributed by atoms with E-state index in [4.69, 9.17) is 10.2 Å². The van der Waals surface area contributed by atoms with Crippen LogP contribution in [0.1, 0.15) is 32.3 Å². The average molecular weight is 432 g/mol. The Morgan fingerprint density at radius 1 is 1.23 bits per heavy atom. The van der Waals surface area contributed by atoms with Crippen molar-refractivity contribution in [3.05, 3.63) is 54.4 Å². The first-order valence-corrected chi connectivity index (χ1v) is 11.4. The van der Waals surface area contributed by atoms with Gasteiger partial charge in [-0.25, -0.2) is 13.4 Å². The molecular formula is C21H25N3O5S. The van der Waals surface area contributed by atoms with Gasteiger partial charge in [0.25, 0.3) is 5.91 Å². The average Bonchev–Trinajstić information content (AvgIpc) is 3.10. The Morgan fingerprint density at radius 3 is 2.33 bits per heavy atom. The Bertz CT molecular complexity index is 1120. The Balaban J connectivity index is 0.000000357. The maximum absolute atomic E-state index is 12.2. The molecule has 30 heavy (non-hydrogen) atoms. The van der Waals surface area contributed by atoms with Gasteiger partial charge in [0.15, 0.2) is 26.4 Å². The number of rotatable bonds is 6. The van der Waals surface area contributed by atoms with E-state index in [2.05, 4.69) is 34.6 Å². The highest BCUT2D eigenvalue weighted by Gasteiger charge is 2.41. The van der Waals surface area contributed by atoms with E-state index in [9.17, 15) is 18.3 Å². The first-order chi connectivity index (χ1) is 14.0. The molecule has 3 unspecified atom stereocenters. The molecule has 0 saturated heterocycles. The van der Waals surface area contributed by atoms with Gasteiger partial charge in [0.05, 0.1) is 6.04 Å². The first kappa shape index (κ1) is 21.9. The van der Waals surface area contributed by atoms with Crippen molar-refractivity contribution in [1.29, 1.82) is 0 Å². The van der Waals surface area contributed by atoms with E-state index in [1.807, 2.05) is 0 Å². The molecule has 0 fully saturated rings. The smallest absolute Gasteiger partial charge is 0.255 e. The number of oxazole rings is 1. The van der Waals surface area contributed by atoms with Gasteiger partial charge in [0, 0.05) is 6.26 Å². The number of nitrogens with zero attached hydrogens (tertiary/aromatic N) is 1. The topological polar surface area (TPSA) is 136 Å². The number of hydrogen-bond acceptors (Lipinski definition) is 7. The van der Waals surface area contributed by atoms with Crippen LogP contribution < -0.4 is 11.1 Å². The largest absolute Gasteiger partial charge is 0.438 e. The standard InChI is InChI=1S/C15H21N3O5S.C6H4/c1-4-9(18-14(20)15(2,16)24(3,21)22)12(19)13-17-10-7-5-6-8-11(10)23-13;1-2-5-4-6(5)3-1/h5-9,12,19H,4,16H2,1-3H3,(H,18,20);1-4H. The third-order valence-corrected chi connectivity index (χ3v) is 6.76. The van der Waals surface area contributed by atoms with E-state index in [0.29, 0.717) is 17.5 Å². The number of nitrogens with one attached hydrogen (secondary N) is 1. The summed E-state index contributed by atoms with van der Waals surface area (Å²) in [6.45, 7) is 2.83. The summed E-state index contributed by atoms with van der Waals surface area (Å²) in [6, 6.07) is 14.7. The number of aromatic nitrogens is 1. The van der Waals surface area contributed by atoms with Crippen molar-refractivity contribution in [2.24, 2.45) is 5.73 Å². The molecule has 2 aliphatic rings. The molecule has 4 rings (SSSR count). The third kappa shape index (κ3) is 4.53. The monoisotopic (exact) mass is 431 g/mol. The summed E-state index contributed by atoms with van der Waals surface area (Å²) >= 11 is 0. The molecule has 3 atom stereocenters. The van der Waals surface area contributed by atoms with E-state index >= 15 is 0 Å². The number of fused-ring (bicyclic) bond motifs is 2. The van der Waals surface area contributed by atoms with E-state index in [0.717, 1.165) is 13.2 Å². The lowest BCUT2D eigenvalue weighted by molar-refractivity contribution is -0.124. The number of benzene rings is 2. The van der Waals surface area contributed by atoms with Gasteiger partial charge in [-0.15, -0.1) is 0 Å². The molecule has 8 nitrogen and oxygen atoms in total. The molecule has 1 heterocycles. The second kappa shape index (κ2) is 8.17. The van der Waals surface area contributed by atoms with Gasteiger partial charge < -0.3 is 20.6 Å². The van der Waals surface area contributed by atoms with E-state index in [1.54, 1.807) is 31.2 Å². The van der Waals surface area contributed by atoms with Crippen molar-refractivity contribution in [3.8, 4) is 11.1 Å². The minimum absolute atomic E-state index is 0.0430. The van der Waals surface area contributed by atoms with Crippen LogP contribution >= 0.6 is 0 Å². The summed E-state index contributed by atoms with van der Waals surface area (Å²) in [6.07, 6.45) is -0.0299. The molecule has 0 radical (unpaired) electrons. The molecule has 160 valence electrons. The first-order valence-electron chi connectivity index (χ1n) is 9.48. The SMILES string of the molecule is CCC(NC(=O)C(C)(N)S(C)(=O)=O)C(O)c1nc2ccccc2o1.c1cc2cc-2c1. The number of aliphatic hydroxyl groups excluding tert-OH is 1. The molecule has 0 saturated carbocycles. The fraction of sp³-hybridized carbons (Fsp3) is 0.333. The molecule has 0 spiro atoms. The normalized spacial score (nSPS) is 16.0. The lowest BCUT2D eigenvalue weighted by Crippen LogP contribution is -2.59. The highest BCUT2D eigenvalue weighted by atomic mass is 32.2. The number of carbonyl (C=O) groups excluding carboxylic acids is 1. The summed E-state index contributed by atoms with van der Waals surface area (Å²) in [5.41, 5.74) is 9.55. The number of amides is 1. The van der Waals surface area contributed by atoms with Crippen LogP contribution in [0, 0.1) is 0 Å². The van der Waals surface area contributed by atoms with Crippen molar-refractivity contribution in [2.45, 2.75) is 37.3 Å². The summed E-state index contributed by atoms with van der Waals surface area (Å²) in [5, 5.41) is 12.9. The van der Waals surface area contributed by atoms with Crippen molar-refractivity contribution in [3.63, 3.8) is 0 Å². The molecule has 1 aromatic carbocycles. The summed E-state index contributed by atoms with van der Waals surface area (Å²) < 4.78 is 28.8. The number of carbonyl (C=O) groups is 1. The van der Waals surface area contributed by atoms with Crippen molar-refractivity contribution in [1.82, 2.24) is 10.3 Å². The number of para-hydroxylation sites is 2. The number of hydrogen-bond donors (Lipinski definition) is 3. The molecular weight excluding hydrogens is 406 g/mol. The molecule has 2 aromatic rings. The van der Waals surface area contributed by atoms with Crippen LogP contribution in [0.3, 0.4) is 0 Å². The molecule has 4 N–H and O–H groups in total. The van der Waals surface area contributed by atoms with Crippen LogP contribution in [0.5, 0.6) is 0 Å². The molecule has 9 heteroatoms. The molecule has 0 aliphatic heterocycles. The van der Waals surface area contributed by atoms with Crippen LogP contribution in [0.15, 0.2) is 52.9 Å². The van der Waals surface area contributed by atoms with Crippen LogP contribution in [-0.4, -0.2) is 41.6 Å². The van der Waals surface area contributed by atoms with Gasteiger partial charge in [0.1, 0.15) is 5.52 Å². The molecule has 1 amide bonds. The van der Waals surface area contributed by atoms with Gasteiger partial charge in [0.2, 0.25) is 5.89 Å². The zero-order valence-corrected chi connectivity index (χ0v) is 17.8. The predicted octanol–water partition coefficient (Wildman–Crippen LogP) is 2.14. The lowest BCUT2D eigenvalue weighted by atomic mass is 10.1. The Morgan fingerprint density at radius 2 is 1.87 bits per heavy atom. The molecule has 0 bridgehead atoms. The maximum atomic E-state index is 12.2. The molecule has 1 aromatic heterocycles. The van der Waals surface area contributed by atoms with E-state index in [1.165, 1.54) is 11.1 Å². The van der Waals surface area contributed by atoms with Crippen molar-refractivity contribution >= 4 is 26.8 Å². The summed E-state index contributed by atoms with van der Waals surface area (Å²) in [5.74, 6) is -0.853. The number of nitrogens with two attached hydrogens (primary N) is 1. The van der Waals surface area contributed by atoms with E-state index in [-0.39, 0.29) is 5.89 Å². The van der Waals surface area contributed by atoms with Gasteiger partial charge in [-0.1, -0.05) is 37.3 Å². The zero-order chi connectivity index (χ0) is 22.1. The fourth-order valence-corrected chi connectivity index (χ4v) is 3.14. The van der Waals surface area contributed by atoms with Crippen molar-refractivity contribution < 1.29 is 22.7 Å². The predicted molar refractivity (Wildman–Crippen MR) is 114 cm³/mol.